The summed E-state index contributed by atoms with van der Waals surface area (Å²) in [6.07, 6.45) is 0.176. The Morgan fingerprint density at radius 3 is 3.07 bits per heavy atom. The van der Waals surface area contributed by atoms with Gasteiger partial charge in [0, 0.05) is 26.7 Å². The zero-order chi connectivity index (χ0) is 11.1. The van der Waals surface area contributed by atoms with E-state index in [0.29, 0.717) is 26.2 Å². The van der Waals surface area contributed by atoms with E-state index in [2.05, 4.69) is 16.0 Å². The topological polar surface area (TPSA) is 79.5 Å². The van der Waals surface area contributed by atoms with E-state index in [1.165, 1.54) is 0 Å². The predicted octanol–water partition coefficient (Wildman–Crippen LogP) is -1.77. The van der Waals surface area contributed by atoms with E-state index in [1.54, 1.807) is 7.11 Å². The van der Waals surface area contributed by atoms with Crippen LogP contribution < -0.4 is 16.0 Å². The van der Waals surface area contributed by atoms with Crippen molar-refractivity contribution in [3.05, 3.63) is 0 Å². The molecule has 0 radical (unpaired) electrons. The number of hydrogen-bond acceptors (Lipinski definition) is 4. The molecular weight excluding hydrogens is 198 g/mol. The average Bonchev–Trinajstić information content (AvgIpc) is 2.22. The van der Waals surface area contributed by atoms with Crippen molar-refractivity contribution >= 4 is 11.8 Å². The van der Waals surface area contributed by atoms with Crippen molar-refractivity contribution < 1.29 is 14.3 Å². The number of amides is 2. The molecule has 1 aliphatic heterocycles. The van der Waals surface area contributed by atoms with Gasteiger partial charge < -0.3 is 20.7 Å². The van der Waals surface area contributed by atoms with Crippen molar-refractivity contribution in [3.8, 4) is 0 Å². The van der Waals surface area contributed by atoms with Crippen LogP contribution in [0.2, 0.25) is 0 Å². The second kappa shape index (κ2) is 6.36. The van der Waals surface area contributed by atoms with Crippen molar-refractivity contribution in [2.75, 3.05) is 33.4 Å². The third-order valence-corrected chi connectivity index (χ3v) is 2.15. The SMILES string of the molecule is COCCNC(=O)C[C@H]1NCCNC1=O. The molecule has 0 aliphatic carbocycles. The fourth-order valence-electron chi connectivity index (χ4n) is 1.36. The van der Waals surface area contributed by atoms with Crippen LogP contribution in [0.3, 0.4) is 0 Å². The molecule has 0 aromatic carbocycles. The van der Waals surface area contributed by atoms with Gasteiger partial charge >= 0.3 is 0 Å². The number of carbonyl (C=O) groups is 2. The summed E-state index contributed by atoms with van der Waals surface area (Å²) in [5.41, 5.74) is 0. The largest absolute Gasteiger partial charge is 0.383 e. The van der Waals surface area contributed by atoms with Gasteiger partial charge in [0.25, 0.3) is 0 Å². The van der Waals surface area contributed by atoms with Gasteiger partial charge in [-0.3, -0.25) is 9.59 Å². The van der Waals surface area contributed by atoms with Gasteiger partial charge in [0.2, 0.25) is 11.8 Å². The number of methoxy groups -OCH3 is 1. The molecule has 3 N–H and O–H groups in total. The summed E-state index contributed by atoms with van der Waals surface area (Å²) < 4.78 is 4.79. The number of nitrogens with one attached hydrogen (secondary N) is 3. The highest BCUT2D eigenvalue weighted by Gasteiger charge is 2.23. The highest BCUT2D eigenvalue weighted by Crippen LogP contribution is 1.95. The van der Waals surface area contributed by atoms with Crippen LogP contribution in [0.1, 0.15) is 6.42 Å². The average molecular weight is 215 g/mol. The number of ether oxygens (including phenoxy) is 1. The lowest BCUT2D eigenvalue weighted by Gasteiger charge is -2.22. The van der Waals surface area contributed by atoms with Crippen LogP contribution >= 0.6 is 0 Å². The summed E-state index contributed by atoms with van der Waals surface area (Å²) >= 11 is 0. The molecule has 6 heteroatoms. The van der Waals surface area contributed by atoms with Crippen LogP contribution in [0.25, 0.3) is 0 Å². The summed E-state index contributed by atoms with van der Waals surface area (Å²) in [4.78, 5) is 22.6. The molecule has 1 saturated heterocycles. The molecule has 15 heavy (non-hydrogen) atoms. The van der Waals surface area contributed by atoms with Crippen molar-refractivity contribution in [3.63, 3.8) is 0 Å². The fourth-order valence-corrected chi connectivity index (χ4v) is 1.36. The van der Waals surface area contributed by atoms with E-state index in [1.807, 2.05) is 0 Å². The number of rotatable bonds is 5. The van der Waals surface area contributed by atoms with Crippen LogP contribution in [0, 0.1) is 0 Å². The van der Waals surface area contributed by atoms with Crippen molar-refractivity contribution in [1.82, 2.24) is 16.0 Å². The molecule has 0 bridgehead atoms. The van der Waals surface area contributed by atoms with Crippen LogP contribution in [0.15, 0.2) is 0 Å². The molecule has 1 rings (SSSR count). The highest BCUT2D eigenvalue weighted by atomic mass is 16.5. The van der Waals surface area contributed by atoms with Crippen LogP contribution in [-0.4, -0.2) is 51.2 Å². The summed E-state index contributed by atoms with van der Waals surface area (Å²) in [7, 11) is 1.57. The first kappa shape index (κ1) is 11.9. The standard InChI is InChI=1S/C9H17N3O3/c1-15-5-4-11-8(13)6-7-9(14)12-3-2-10-7/h7,10H,2-6H2,1H3,(H,11,13)(H,12,14)/t7-/m1/s1. The van der Waals surface area contributed by atoms with Gasteiger partial charge in [-0.1, -0.05) is 0 Å². The molecule has 86 valence electrons. The Morgan fingerprint density at radius 2 is 2.40 bits per heavy atom. The van der Waals surface area contributed by atoms with Gasteiger partial charge in [-0.25, -0.2) is 0 Å². The minimum atomic E-state index is -0.402. The monoisotopic (exact) mass is 215 g/mol. The summed E-state index contributed by atoms with van der Waals surface area (Å²) in [5, 5.41) is 8.35. The molecule has 1 fully saturated rings. The number of hydrogen-bond donors (Lipinski definition) is 3. The van der Waals surface area contributed by atoms with E-state index in [4.69, 9.17) is 4.74 Å². The molecule has 0 aromatic heterocycles. The predicted molar refractivity (Wildman–Crippen MR) is 54.3 cm³/mol. The third kappa shape index (κ3) is 4.26. The maximum absolute atomic E-state index is 11.3. The van der Waals surface area contributed by atoms with E-state index in [9.17, 15) is 9.59 Å². The Hall–Kier alpha value is -1.14. The molecule has 0 unspecified atom stereocenters. The van der Waals surface area contributed by atoms with Crippen LogP contribution in [0.4, 0.5) is 0 Å². The fraction of sp³-hybridized carbons (Fsp3) is 0.778. The van der Waals surface area contributed by atoms with Crippen LogP contribution in [0.5, 0.6) is 0 Å². The van der Waals surface area contributed by atoms with Crippen molar-refractivity contribution in [1.29, 1.82) is 0 Å². The van der Waals surface area contributed by atoms with Gasteiger partial charge in [-0.05, 0) is 0 Å². The van der Waals surface area contributed by atoms with Crippen LogP contribution in [-0.2, 0) is 14.3 Å². The Kier molecular flexibility index (Phi) is 5.06. The third-order valence-electron chi connectivity index (χ3n) is 2.15. The molecule has 1 aliphatic rings. The molecule has 0 saturated carbocycles. The lowest BCUT2D eigenvalue weighted by atomic mass is 10.1. The summed E-state index contributed by atoms with van der Waals surface area (Å²) in [5.74, 6) is -0.246. The Bertz CT molecular complexity index is 233. The zero-order valence-electron chi connectivity index (χ0n) is 8.84. The highest BCUT2D eigenvalue weighted by molar-refractivity contribution is 5.88. The lowest BCUT2D eigenvalue weighted by molar-refractivity contribution is -0.129. The van der Waals surface area contributed by atoms with Crippen molar-refractivity contribution in [2.24, 2.45) is 0 Å². The number of piperazine rings is 1. The minimum Gasteiger partial charge on any atom is -0.383 e. The first-order valence-corrected chi connectivity index (χ1v) is 5.00. The maximum Gasteiger partial charge on any atom is 0.237 e. The van der Waals surface area contributed by atoms with Crippen molar-refractivity contribution in [2.45, 2.75) is 12.5 Å². The molecular formula is C9H17N3O3. The first-order chi connectivity index (χ1) is 7.24. The number of carbonyl (C=O) groups excluding carboxylic acids is 2. The summed E-state index contributed by atoms with van der Waals surface area (Å²) in [6.45, 7) is 2.29. The van der Waals surface area contributed by atoms with Gasteiger partial charge in [0.05, 0.1) is 19.1 Å². The smallest absolute Gasteiger partial charge is 0.237 e. The molecule has 2 amide bonds. The van der Waals surface area contributed by atoms with E-state index < -0.39 is 6.04 Å². The normalized spacial score (nSPS) is 20.9. The quantitative estimate of drug-likeness (QED) is 0.474. The Morgan fingerprint density at radius 1 is 1.60 bits per heavy atom. The molecule has 1 heterocycles. The van der Waals surface area contributed by atoms with Gasteiger partial charge in [-0.2, -0.15) is 0 Å². The Labute approximate surface area is 88.7 Å². The second-order valence-electron chi connectivity index (χ2n) is 3.34. The van der Waals surface area contributed by atoms with E-state index in [-0.39, 0.29) is 18.2 Å². The van der Waals surface area contributed by atoms with Gasteiger partial charge in [0.1, 0.15) is 0 Å². The van der Waals surface area contributed by atoms with Gasteiger partial charge in [0.15, 0.2) is 0 Å². The lowest BCUT2D eigenvalue weighted by Crippen LogP contribution is -2.54. The maximum atomic E-state index is 11.3. The zero-order valence-corrected chi connectivity index (χ0v) is 8.84. The molecule has 0 aromatic rings. The summed E-state index contributed by atoms with van der Waals surface area (Å²) in [6, 6.07) is -0.402. The Balaban J connectivity index is 2.21. The minimum absolute atomic E-state index is 0.108. The van der Waals surface area contributed by atoms with E-state index >= 15 is 0 Å². The van der Waals surface area contributed by atoms with E-state index in [0.717, 1.165) is 0 Å². The molecule has 0 spiro atoms. The molecule has 1 atom stereocenters. The first-order valence-electron chi connectivity index (χ1n) is 5.00. The molecule has 6 nitrogen and oxygen atoms in total. The van der Waals surface area contributed by atoms with Gasteiger partial charge in [-0.15, -0.1) is 0 Å². The second-order valence-corrected chi connectivity index (χ2v) is 3.34.